The van der Waals surface area contributed by atoms with Gasteiger partial charge in [-0.25, -0.2) is 4.98 Å². The second kappa shape index (κ2) is 10.3. The molecule has 0 aliphatic heterocycles. The average Bonchev–Trinajstić information content (AvgIpc) is 3.26. The standard InChI is InChI=1S/C32H27BN3O2/c1-22(2)35-28-13-4-6-15-31(28)38-33-23-10-9-11-24(20-23)37-25-17-18-27-26-12-3-5-14-29(26)36(30(27)21-25)32-16-7-8-19-34-32/h3-22,35H,1-2H3. The minimum atomic E-state index is 0.310. The van der Waals surface area contributed by atoms with Gasteiger partial charge in [0.2, 0.25) is 0 Å². The van der Waals surface area contributed by atoms with Crippen molar-refractivity contribution < 1.29 is 9.39 Å². The second-order valence-electron chi connectivity index (χ2n) is 9.42. The van der Waals surface area contributed by atoms with Gasteiger partial charge in [-0.3, -0.25) is 4.57 Å². The Balaban J connectivity index is 1.28. The molecule has 0 amide bonds. The predicted octanol–water partition coefficient (Wildman–Crippen LogP) is 7.11. The zero-order valence-electron chi connectivity index (χ0n) is 21.3. The van der Waals surface area contributed by atoms with Crippen LogP contribution in [0, 0.1) is 0 Å². The van der Waals surface area contributed by atoms with Crippen molar-refractivity contribution in [3.8, 4) is 23.1 Å². The van der Waals surface area contributed by atoms with E-state index in [2.05, 4.69) is 65.1 Å². The first-order valence-corrected chi connectivity index (χ1v) is 12.7. The number of hydrogen-bond acceptors (Lipinski definition) is 4. The van der Waals surface area contributed by atoms with Gasteiger partial charge in [-0.05, 0) is 73.9 Å². The van der Waals surface area contributed by atoms with Gasteiger partial charge >= 0.3 is 7.48 Å². The van der Waals surface area contributed by atoms with E-state index >= 15 is 0 Å². The third-order valence-electron chi connectivity index (χ3n) is 6.27. The number of nitrogens with zero attached hydrogens (tertiary/aromatic N) is 2. The van der Waals surface area contributed by atoms with Gasteiger partial charge in [0.1, 0.15) is 23.1 Å². The Hall–Kier alpha value is -4.71. The highest BCUT2D eigenvalue weighted by molar-refractivity contribution is 6.47. The Kier molecular flexibility index (Phi) is 6.45. The Labute approximate surface area is 222 Å². The van der Waals surface area contributed by atoms with Crippen molar-refractivity contribution in [2.45, 2.75) is 19.9 Å². The molecule has 38 heavy (non-hydrogen) atoms. The predicted molar refractivity (Wildman–Crippen MR) is 156 cm³/mol. The molecular weight excluding hydrogens is 469 g/mol. The third kappa shape index (κ3) is 4.81. The van der Waals surface area contributed by atoms with Gasteiger partial charge in [-0.15, -0.1) is 0 Å². The lowest BCUT2D eigenvalue weighted by Gasteiger charge is -2.15. The molecule has 0 spiro atoms. The van der Waals surface area contributed by atoms with Crippen molar-refractivity contribution in [3.63, 3.8) is 0 Å². The van der Waals surface area contributed by atoms with Gasteiger partial charge in [0.05, 0.1) is 16.7 Å². The van der Waals surface area contributed by atoms with Gasteiger partial charge in [0.15, 0.2) is 0 Å². The van der Waals surface area contributed by atoms with Crippen molar-refractivity contribution in [3.05, 3.63) is 115 Å². The number of nitrogens with one attached hydrogen (secondary N) is 1. The Bertz CT molecular complexity index is 1710. The summed E-state index contributed by atoms with van der Waals surface area (Å²) in [5, 5.41) is 5.75. The second-order valence-corrected chi connectivity index (χ2v) is 9.42. The van der Waals surface area contributed by atoms with Gasteiger partial charge < -0.3 is 14.7 Å². The smallest absolute Gasteiger partial charge is 0.409 e. The molecule has 0 fully saturated rings. The van der Waals surface area contributed by atoms with E-state index in [1.807, 2.05) is 79.0 Å². The van der Waals surface area contributed by atoms with Crippen LogP contribution in [0.3, 0.4) is 0 Å². The Morgan fingerprint density at radius 3 is 2.39 bits per heavy atom. The van der Waals surface area contributed by atoms with Crippen molar-refractivity contribution in [2.75, 3.05) is 5.32 Å². The molecule has 4 aromatic carbocycles. The van der Waals surface area contributed by atoms with Crippen molar-refractivity contribution in [1.82, 2.24) is 9.55 Å². The Morgan fingerprint density at radius 1 is 0.737 bits per heavy atom. The molecule has 5 nitrogen and oxygen atoms in total. The van der Waals surface area contributed by atoms with E-state index in [1.54, 1.807) is 7.48 Å². The molecule has 0 aliphatic rings. The number of rotatable bonds is 8. The first kappa shape index (κ1) is 23.7. The van der Waals surface area contributed by atoms with Crippen LogP contribution in [0.5, 0.6) is 17.2 Å². The SMILES string of the molecule is CC(C)Nc1ccccc1O[B]c1cccc(Oc2ccc3c4ccccc4n(-c4ccccn4)c3c2)c1. The maximum Gasteiger partial charge on any atom is 0.409 e. The summed E-state index contributed by atoms with van der Waals surface area (Å²) in [6.45, 7) is 4.21. The number of benzene rings is 4. The first-order chi connectivity index (χ1) is 18.7. The number of hydrogen-bond donors (Lipinski definition) is 1. The van der Waals surface area contributed by atoms with Crippen molar-refractivity contribution >= 4 is 40.4 Å². The monoisotopic (exact) mass is 496 g/mol. The van der Waals surface area contributed by atoms with E-state index in [9.17, 15) is 0 Å². The number of aromatic nitrogens is 2. The summed E-state index contributed by atoms with van der Waals surface area (Å²) in [5.41, 5.74) is 4.02. The van der Waals surface area contributed by atoms with Crippen LogP contribution < -0.4 is 20.2 Å². The highest BCUT2D eigenvalue weighted by atomic mass is 16.5. The van der Waals surface area contributed by atoms with E-state index < -0.39 is 0 Å². The topological polar surface area (TPSA) is 48.3 Å². The first-order valence-electron chi connectivity index (χ1n) is 12.7. The lowest BCUT2D eigenvalue weighted by atomic mass is 9.88. The zero-order chi connectivity index (χ0) is 25.9. The summed E-state index contributed by atoms with van der Waals surface area (Å²) in [7, 11) is 1.75. The molecule has 0 bridgehead atoms. The third-order valence-corrected chi connectivity index (χ3v) is 6.27. The number of ether oxygens (including phenoxy) is 1. The molecule has 0 saturated heterocycles. The normalized spacial score (nSPS) is 11.1. The minimum absolute atomic E-state index is 0.310. The molecule has 0 unspecified atom stereocenters. The lowest BCUT2D eigenvalue weighted by molar-refractivity contribution is 0.483. The van der Waals surface area contributed by atoms with Crippen molar-refractivity contribution in [1.29, 1.82) is 0 Å². The van der Waals surface area contributed by atoms with Crippen LogP contribution in [-0.2, 0) is 0 Å². The number of fused-ring (bicyclic) bond motifs is 3. The fourth-order valence-electron chi connectivity index (χ4n) is 4.67. The molecule has 1 N–H and O–H groups in total. The van der Waals surface area contributed by atoms with E-state index in [4.69, 9.17) is 9.39 Å². The average molecular weight is 496 g/mol. The number of pyridine rings is 1. The summed E-state index contributed by atoms with van der Waals surface area (Å²) < 4.78 is 14.5. The quantitative estimate of drug-likeness (QED) is 0.228. The van der Waals surface area contributed by atoms with E-state index in [0.29, 0.717) is 6.04 Å². The highest BCUT2D eigenvalue weighted by Gasteiger charge is 2.14. The van der Waals surface area contributed by atoms with Crippen LogP contribution in [0.4, 0.5) is 5.69 Å². The fraction of sp³-hybridized carbons (Fsp3) is 0.0938. The van der Waals surface area contributed by atoms with Gasteiger partial charge in [-0.1, -0.05) is 48.5 Å². The highest BCUT2D eigenvalue weighted by Crippen LogP contribution is 2.34. The van der Waals surface area contributed by atoms with Crippen LogP contribution in [0.25, 0.3) is 27.6 Å². The van der Waals surface area contributed by atoms with E-state index in [-0.39, 0.29) is 0 Å². The summed E-state index contributed by atoms with van der Waals surface area (Å²) in [5.74, 6) is 3.13. The Morgan fingerprint density at radius 2 is 1.53 bits per heavy atom. The molecule has 6 heteroatoms. The fourth-order valence-corrected chi connectivity index (χ4v) is 4.67. The van der Waals surface area contributed by atoms with Crippen LogP contribution in [0.1, 0.15) is 13.8 Å². The van der Waals surface area contributed by atoms with Gasteiger partial charge in [0.25, 0.3) is 0 Å². The lowest BCUT2D eigenvalue weighted by Crippen LogP contribution is -2.21. The van der Waals surface area contributed by atoms with Crippen LogP contribution in [-0.4, -0.2) is 23.1 Å². The van der Waals surface area contributed by atoms with E-state index in [0.717, 1.165) is 50.6 Å². The summed E-state index contributed by atoms with van der Waals surface area (Å²) in [4.78, 5) is 4.61. The molecule has 2 aromatic heterocycles. The molecule has 0 aliphatic carbocycles. The van der Waals surface area contributed by atoms with Crippen LogP contribution in [0.15, 0.2) is 115 Å². The summed E-state index contributed by atoms with van der Waals surface area (Å²) in [6.07, 6.45) is 1.82. The van der Waals surface area contributed by atoms with Gasteiger partial charge in [0, 0.05) is 29.1 Å². The number of anilines is 1. The zero-order valence-corrected chi connectivity index (χ0v) is 21.3. The van der Waals surface area contributed by atoms with Crippen LogP contribution >= 0.6 is 0 Å². The van der Waals surface area contributed by atoms with Crippen molar-refractivity contribution in [2.24, 2.45) is 0 Å². The minimum Gasteiger partial charge on any atom is -0.556 e. The molecule has 6 rings (SSSR count). The molecule has 185 valence electrons. The molecule has 1 radical (unpaired) electrons. The molecule has 2 heterocycles. The van der Waals surface area contributed by atoms with Gasteiger partial charge in [-0.2, -0.15) is 0 Å². The molecule has 0 saturated carbocycles. The summed E-state index contributed by atoms with van der Waals surface area (Å²) >= 11 is 0. The molecule has 0 atom stereocenters. The molecular formula is C32H27BN3O2. The molecule has 6 aromatic rings. The van der Waals surface area contributed by atoms with E-state index in [1.165, 1.54) is 5.39 Å². The maximum atomic E-state index is 6.32. The largest absolute Gasteiger partial charge is 0.556 e. The summed E-state index contributed by atoms with van der Waals surface area (Å²) in [6, 6.07) is 36.7. The van der Waals surface area contributed by atoms with Crippen LogP contribution in [0.2, 0.25) is 0 Å². The number of para-hydroxylation sites is 3. The maximum absolute atomic E-state index is 6.32.